The second-order valence-corrected chi connectivity index (χ2v) is 9.52. The summed E-state index contributed by atoms with van der Waals surface area (Å²) in [7, 11) is 1.78. The van der Waals surface area contributed by atoms with Crippen molar-refractivity contribution < 1.29 is 9.53 Å². The van der Waals surface area contributed by atoms with Crippen LogP contribution in [0.5, 0.6) is 5.75 Å². The van der Waals surface area contributed by atoms with Gasteiger partial charge in [-0.05, 0) is 54.8 Å². The van der Waals surface area contributed by atoms with Gasteiger partial charge in [-0.1, -0.05) is 74.1 Å². The number of para-hydroxylation sites is 2. The Morgan fingerprint density at radius 2 is 1.54 bits per heavy atom. The second kappa shape index (κ2) is 11.2. The maximum absolute atomic E-state index is 12.8. The Balaban J connectivity index is 1.54. The quantitative estimate of drug-likeness (QED) is 0.260. The van der Waals surface area contributed by atoms with E-state index in [1.165, 1.54) is 17.3 Å². The van der Waals surface area contributed by atoms with E-state index in [0.29, 0.717) is 16.9 Å². The Labute approximate surface area is 211 Å². The van der Waals surface area contributed by atoms with E-state index in [1.807, 2.05) is 84.3 Å². The Kier molecular flexibility index (Phi) is 7.87. The maximum Gasteiger partial charge on any atom is 0.237 e. The molecule has 3 aromatic carbocycles. The molecule has 35 heavy (non-hydrogen) atoms. The Hall–Kier alpha value is -3.58. The molecule has 0 saturated carbocycles. The van der Waals surface area contributed by atoms with Gasteiger partial charge in [-0.3, -0.25) is 9.36 Å². The van der Waals surface area contributed by atoms with Crippen molar-refractivity contribution in [2.45, 2.75) is 37.9 Å². The van der Waals surface area contributed by atoms with Gasteiger partial charge in [-0.2, -0.15) is 0 Å². The van der Waals surface area contributed by atoms with Crippen LogP contribution >= 0.6 is 11.8 Å². The third-order valence-corrected chi connectivity index (χ3v) is 6.65. The molecule has 1 aromatic heterocycles. The fourth-order valence-electron chi connectivity index (χ4n) is 3.66. The largest absolute Gasteiger partial charge is 0.483 e. The SMILES string of the molecule is CC(C)c1ccc(OC(C)c2nnc(SCC(=O)N(C)c3ccccc3)n2-c2ccccc2)cc1. The van der Waals surface area contributed by atoms with Gasteiger partial charge < -0.3 is 9.64 Å². The molecule has 0 fully saturated rings. The molecule has 7 heteroatoms. The van der Waals surface area contributed by atoms with E-state index < -0.39 is 0 Å². The van der Waals surface area contributed by atoms with Gasteiger partial charge in [-0.15, -0.1) is 10.2 Å². The van der Waals surface area contributed by atoms with E-state index in [0.717, 1.165) is 17.1 Å². The highest BCUT2D eigenvalue weighted by Gasteiger charge is 2.22. The first kappa shape index (κ1) is 24.5. The molecule has 1 atom stereocenters. The first-order chi connectivity index (χ1) is 16.9. The zero-order chi connectivity index (χ0) is 24.8. The zero-order valence-electron chi connectivity index (χ0n) is 20.5. The first-order valence-electron chi connectivity index (χ1n) is 11.7. The number of aromatic nitrogens is 3. The number of nitrogens with zero attached hydrogens (tertiary/aromatic N) is 4. The molecule has 6 nitrogen and oxygen atoms in total. The normalized spacial score (nSPS) is 11.9. The number of carbonyl (C=O) groups excluding carboxylic acids is 1. The molecule has 0 spiro atoms. The lowest BCUT2D eigenvalue weighted by molar-refractivity contribution is -0.115. The van der Waals surface area contributed by atoms with E-state index in [4.69, 9.17) is 4.74 Å². The summed E-state index contributed by atoms with van der Waals surface area (Å²) in [4.78, 5) is 14.5. The van der Waals surface area contributed by atoms with Crippen LogP contribution in [0.3, 0.4) is 0 Å². The topological polar surface area (TPSA) is 60.3 Å². The van der Waals surface area contributed by atoms with Crippen LogP contribution in [-0.2, 0) is 4.79 Å². The van der Waals surface area contributed by atoms with E-state index in [2.05, 4.69) is 36.2 Å². The van der Waals surface area contributed by atoms with Crippen molar-refractivity contribution in [1.29, 1.82) is 0 Å². The van der Waals surface area contributed by atoms with Crippen LogP contribution in [0.2, 0.25) is 0 Å². The van der Waals surface area contributed by atoms with Crippen LogP contribution < -0.4 is 9.64 Å². The molecule has 180 valence electrons. The van der Waals surface area contributed by atoms with Crippen molar-refractivity contribution in [3.05, 3.63) is 96.3 Å². The van der Waals surface area contributed by atoms with E-state index >= 15 is 0 Å². The average molecular weight is 487 g/mol. The maximum atomic E-state index is 12.8. The van der Waals surface area contributed by atoms with Gasteiger partial charge in [0.2, 0.25) is 5.91 Å². The second-order valence-electron chi connectivity index (χ2n) is 8.57. The number of carbonyl (C=O) groups is 1. The van der Waals surface area contributed by atoms with Gasteiger partial charge in [0.05, 0.1) is 5.75 Å². The highest BCUT2D eigenvalue weighted by molar-refractivity contribution is 7.99. The number of amides is 1. The standard InChI is InChI=1S/C28H30N4O2S/c1-20(2)22-15-17-25(18-16-22)34-21(3)27-29-30-28(32(27)24-13-9-6-10-14-24)35-19-26(33)31(4)23-11-7-5-8-12-23/h5-18,20-21H,19H2,1-4H3. The number of anilines is 1. The summed E-state index contributed by atoms with van der Waals surface area (Å²) < 4.78 is 8.19. The number of rotatable bonds is 9. The molecule has 0 aliphatic rings. The number of hydrogen-bond donors (Lipinski definition) is 0. The van der Waals surface area contributed by atoms with Gasteiger partial charge in [0.15, 0.2) is 17.1 Å². The van der Waals surface area contributed by atoms with Crippen LogP contribution in [-0.4, -0.2) is 33.5 Å². The minimum Gasteiger partial charge on any atom is -0.483 e. The Morgan fingerprint density at radius 1 is 0.914 bits per heavy atom. The lowest BCUT2D eigenvalue weighted by Gasteiger charge is -2.18. The van der Waals surface area contributed by atoms with Gasteiger partial charge in [0.25, 0.3) is 0 Å². The molecule has 1 amide bonds. The molecule has 0 radical (unpaired) electrons. The van der Waals surface area contributed by atoms with Crippen molar-refractivity contribution in [3.8, 4) is 11.4 Å². The lowest BCUT2D eigenvalue weighted by atomic mass is 10.0. The molecule has 0 aliphatic carbocycles. The minimum absolute atomic E-state index is 0.0140. The average Bonchev–Trinajstić information content (AvgIpc) is 3.32. The number of benzene rings is 3. The summed E-state index contributed by atoms with van der Waals surface area (Å²) in [5.41, 5.74) is 3.04. The van der Waals surface area contributed by atoms with E-state index in [9.17, 15) is 4.79 Å². The zero-order valence-corrected chi connectivity index (χ0v) is 21.3. The predicted molar refractivity (Wildman–Crippen MR) is 142 cm³/mol. The van der Waals surface area contributed by atoms with Crippen LogP contribution in [0.4, 0.5) is 5.69 Å². The highest BCUT2D eigenvalue weighted by atomic mass is 32.2. The van der Waals surface area contributed by atoms with Crippen molar-refractivity contribution in [1.82, 2.24) is 14.8 Å². The highest BCUT2D eigenvalue weighted by Crippen LogP contribution is 2.29. The van der Waals surface area contributed by atoms with Gasteiger partial charge in [-0.25, -0.2) is 0 Å². The van der Waals surface area contributed by atoms with Crippen molar-refractivity contribution in [2.24, 2.45) is 0 Å². The monoisotopic (exact) mass is 486 g/mol. The molecular weight excluding hydrogens is 456 g/mol. The Bertz CT molecular complexity index is 1240. The van der Waals surface area contributed by atoms with Crippen LogP contribution in [0.15, 0.2) is 90.1 Å². The molecule has 0 N–H and O–H groups in total. The van der Waals surface area contributed by atoms with Crippen LogP contribution in [0.1, 0.15) is 44.2 Å². The lowest BCUT2D eigenvalue weighted by Crippen LogP contribution is -2.28. The van der Waals surface area contributed by atoms with Gasteiger partial charge in [0, 0.05) is 18.4 Å². The summed E-state index contributed by atoms with van der Waals surface area (Å²) >= 11 is 1.37. The third kappa shape index (κ3) is 5.92. The smallest absolute Gasteiger partial charge is 0.237 e. The summed E-state index contributed by atoms with van der Waals surface area (Å²) in [5.74, 6) is 2.14. The molecular formula is C28H30N4O2S. The van der Waals surface area contributed by atoms with E-state index in [-0.39, 0.29) is 17.8 Å². The first-order valence-corrected chi connectivity index (χ1v) is 12.6. The summed E-state index contributed by atoms with van der Waals surface area (Å²) in [6, 6.07) is 27.7. The van der Waals surface area contributed by atoms with Crippen LogP contribution in [0.25, 0.3) is 5.69 Å². The molecule has 0 saturated heterocycles. The molecule has 1 heterocycles. The summed E-state index contributed by atoms with van der Waals surface area (Å²) in [6.45, 7) is 6.30. The van der Waals surface area contributed by atoms with Crippen LogP contribution in [0, 0.1) is 0 Å². The van der Waals surface area contributed by atoms with Gasteiger partial charge in [0.1, 0.15) is 5.75 Å². The summed E-state index contributed by atoms with van der Waals surface area (Å²) in [5, 5.41) is 9.52. The third-order valence-electron chi connectivity index (χ3n) is 5.74. The van der Waals surface area contributed by atoms with Crippen molar-refractivity contribution in [2.75, 3.05) is 17.7 Å². The summed E-state index contributed by atoms with van der Waals surface area (Å²) in [6.07, 6.45) is -0.343. The number of hydrogen-bond acceptors (Lipinski definition) is 5. The molecule has 1 unspecified atom stereocenters. The molecule has 4 rings (SSSR count). The number of thioether (sulfide) groups is 1. The van der Waals surface area contributed by atoms with Crippen molar-refractivity contribution in [3.63, 3.8) is 0 Å². The molecule has 0 aliphatic heterocycles. The van der Waals surface area contributed by atoms with Gasteiger partial charge >= 0.3 is 0 Å². The fraction of sp³-hybridized carbons (Fsp3) is 0.250. The number of ether oxygens (including phenoxy) is 1. The molecule has 0 bridgehead atoms. The Morgan fingerprint density at radius 3 is 2.17 bits per heavy atom. The predicted octanol–water partition coefficient (Wildman–Crippen LogP) is 6.29. The van der Waals surface area contributed by atoms with E-state index in [1.54, 1.807) is 11.9 Å². The molecule has 4 aromatic rings. The minimum atomic E-state index is -0.343. The fourth-order valence-corrected chi connectivity index (χ4v) is 4.54. The van der Waals surface area contributed by atoms with Crippen molar-refractivity contribution >= 4 is 23.4 Å².